The summed E-state index contributed by atoms with van der Waals surface area (Å²) in [5, 5.41) is 2.05. The number of thiazole rings is 1. The molecule has 0 saturated carbocycles. The number of fused-ring (bicyclic) bond motifs is 1. The van der Waals surface area contributed by atoms with Crippen molar-refractivity contribution in [3.63, 3.8) is 0 Å². The Morgan fingerprint density at radius 3 is 2.59 bits per heavy atom. The minimum atomic E-state index is 0.728. The molecule has 0 spiro atoms. The average Bonchev–Trinajstić information content (AvgIpc) is 3.45. The highest BCUT2D eigenvalue weighted by Gasteiger charge is 2.19. The van der Waals surface area contributed by atoms with Crippen molar-refractivity contribution in [2.24, 2.45) is 0 Å². The van der Waals surface area contributed by atoms with E-state index in [1.54, 1.807) is 18.4 Å². The van der Waals surface area contributed by atoms with Gasteiger partial charge in [0.2, 0.25) is 0 Å². The van der Waals surface area contributed by atoms with E-state index in [0.29, 0.717) is 0 Å². The number of imidazole rings is 1. The smallest absolute Gasteiger partial charge is 0.194 e. The topological polar surface area (TPSA) is 42.2 Å². The van der Waals surface area contributed by atoms with Gasteiger partial charge >= 0.3 is 0 Å². The predicted octanol–water partition coefficient (Wildman–Crippen LogP) is 4.66. The summed E-state index contributed by atoms with van der Waals surface area (Å²) in [5.41, 5.74) is 3.30. The predicted molar refractivity (Wildman–Crippen MR) is 130 cm³/mol. The maximum Gasteiger partial charge on any atom is 0.194 e. The van der Waals surface area contributed by atoms with Crippen molar-refractivity contribution in [2.45, 2.75) is 6.42 Å². The maximum atomic E-state index is 5.98. The summed E-state index contributed by atoms with van der Waals surface area (Å²) in [4.78, 5) is 10.6. The van der Waals surface area contributed by atoms with Gasteiger partial charge in [-0.25, -0.2) is 4.98 Å². The van der Waals surface area contributed by atoms with Gasteiger partial charge in [0.05, 0.1) is 25.1 Å². The van der Waals surface area contributed by atoms with E-state index < -0.39 is 0 Å². The molecular weight excluding hydrogens is 420 g/mol. The number of nitrogens with zero attached hydrogens (tertiary/aromatic N) is 4. The Hall–Kier alpha value is -3.03. The normalized spacial score (nSPS) is 14.7. The van der Waals surface area contributed by atoms with Gasteiger partial charge in [0, 0.05) is 56.1 Å². The van der Waals surface area contributed by atoms with E-state index >= 15 is 0 Å². The van der Waals surface area contributed by atoms with Crippen LogP contribution in [0.2, 0.25) is 0 Å². The molecule has 0 N–H and O–H groups in total. The second-order valence-electron chi connectivity index (χ2n) is 7.95. The molecule has 1 aliphatic rings. The number of benzene rings is 2. The van der Waals surface area contributed by atoms with Crippen molar-refractivity contribution in [1.29, 1.82) is 0 Å². The standard InChI is InChI=1S/C25H28N4O2S/c1-30-24-6-3-2-5-23(24)28-14-12-27(13-15-28)11-4-17-31-21-9-7-20(8-10-21)22-19-29-16-18-32-25(29)26-22/h2-3,5-10,16,18-19H,4,11-15,17H2,1H3. The Morgan fingerprint density at radius 2 is 1.81 bits per heavy atom. The Labute approximate surface area is 192 Å². The lowest BCUT2D eigenvalue weighted by atomic mass is 10.2. The highest BCUT2D eigenvalue weighted by molar-refractivity contribution is 7.15. The molecule has 6 nitrogen and oxygen atoms in total. The van der Waals surface area contributed by atoms with Gasteiger partial charge in [-0.3, -0.25) is 9.30 Å². The third-order valence-corrected chi connectivity index (χ3v) is 6.70. The van der Waals surface area contributed by atoms with Gasteiger partial charge in [0.15, 0.2) is 4.96 Å². The number of aromatic nitrogens is 2. The lowest BCUT2D eigenvalue weighted by Gasteiger charge is -2.36. The monoisotopic (exact) mass is 448 g/mol. The average molecular weight is 449 g/mol. The van der Waals surface area contributed by atoms with Crippen LogP contribution in [0.5, 0.6) is 11.5 Å². The van der Waals surface area contributed by atoms with Gasteiger partial charge in [0.1, 0.15) is 11.5 Å². The number of para-hydroxylation sites is 2. The van der Waals surface area contributed by atoms with E-state index in [1.165, 1.54) is 5.69 Å². The first-order valence-corrected chi connectivity index (χ1v) is 11.9. The van der Waals surface area contributed by atoms with Crippen molar-refractivity contribution in [3.8, 4) is 22.8 Å². The molecule has 1 aliphatic heterocycles. The van der Waals surface area contributed by atoms with Crippen LogP contribution in [0.15, 0.2) is 66.3 Å². The van der Waals surface area contributed by atoms with Gasteiger partial charge in [-0.2, -0.15) is 0 Å². The minimum absolute atomic E-state index is 0.728. The van der Waals surface area contributed by atoms with Crippen LogP contribution in [0, 0.1) is 0 Å². The number of ether oxygens (including phenoxy) is 2. The van der Waals surface area contributed by atoms with Crippen molar-refractivity contribution in [3.05, 3.63) is 66.3 Å². The van der Waals surface area contributed by atoms with Gasteiger partial charge in [0.25, 0.3) is 0 Å². The molecule has 4 aromatic rings. The molecule has 32 heavy (non-hydrogen) atoms. The SMILES string of the molecule is COc1ccccc1N1CCN(CCCOc2ccc(-c3cn4ccsc4n3)cc2)CC1. The van der Waals surface area contributed by atoms with Crippen LogP contribution in [0.3, 0.4) is 0 Å². The summed E-state index contributed by atoms with van der Waals surface area (Å²) >= 11 is 1.65. The number of methoxy groups -OCH3 is 1. The molecule has 7 heteroatoms. The maximum absolute atomic E-state index is 5.98. The van der Waals surface area contributed by atoms with Crippen LogP contribution >= 0.6 is 11.3 Å². The molecule has 2 aromatic carbocycles. The van der Waals surface area contributed by atoms with Crippen LogP contribution in [0.25, 0.3) is 16.2 Å². The van der Waals surface area contributed by atoms with Crippen molar-refractivity contribution >= 4 is 22.0 Å². The van der Waals surface area contributed by atoms with Gasteiger partial charge in [-0.05, 0) is 42.8 Å². The summed E-state index contributed by atoms with van der Waals surface area (Å²) in [7, 11) is 1.74. The molecule has 0 bridgehead atoms. The molecular formula is C25H28N4O2S. The fourth-order valence-corrected chi connectivity index (χ4v) is 4.87. The molecule has 5 rings (SSSR count). The zero-order valence-corrected chi connectivity index (χ0v) is 19.1. The Bertz CT molecular complexity index is 1120. The van der Waals surface area contributed by atoms with Gasteiger partial charge < -0.3 is 14.4 Å². The van der Waals surface area contributed by atoms with E-state index in [0.717, 1.165) is 73.5 Å². The summed E-state index contributed by atoms with van der Waals surface area (Å²) < 4.78 is 13.5. The summed E-state index contributed by atoms with van der Waals surface area (Å²) in [6.07, 6.45) is 5.12. The van der Waals surface area contributed by atoms with E-state index in [-0.39, 0.29) is 0 Å². The Morgan fingerprint density at radius 1 is 1.00 bits per heavy atom. The first-order chi connectivity index (χ1) is 15.8. The molecule has 0 atom stereocenters. The first-order valence-electron chi connectivity index (χ1n) is 11.1. The van der Waals surface area contributed by atoms with Crippen molar-refractivity contribution in [1.82, 2.24) is 14.3 Å². The summed E-state index contributed by atoms with van der Waals surface area (Å²) in [6, 6.07) is 16.5. The molecule has 0 amide bonds. The number of anilines is 1. The van der Waals surface area contributed by atoms with Crippen LogP contribution in [0.4, 0.5) is 5.69 Å². The minimum Gasteiger partial charge on any atom is -0.495 e. The lowest BCUT2D eigenvalue weighted by Crippen LogP contribution is -2.46. The van der Waals surface area contributed by atoms with Gasteiger partial charge in [-0.1, -0.05) is 12.1 Å². The molecule has 1 saturated heterocycles. The van der Waals surface area contributed by atoms with Gasteiger partial charge in [-0.15, -0.1) is 11.3 Å². The number of rotatable bonds is 8. The van der Waals surface area contributed by atoms with Crippen molar-refractivity contribution < 1.29 is 9.47 Å². The van der Waals surface area contributed by atoms with Crippen LogP contribution in [-0.4, -0.2) is 60.7 Å². The van der Waals surface area contributed by atoms with Crippen molar-refractivity contribution in [2.75, 3.05) is 51.3 Å². The second-order valence-corrected chi connectivity index (χ2v) is 8.82. The molecule has 0 unspecified atom stereocenters. The molecule has 0 radical (unpaired) electrons. The molecule has 2 aromatic heterocycles. The quantitative estimate of drug-likeness (QED) is 0.367. The molecule has 3 heterocycles. The zero-order chi connectivity index (χ0) is 21.8. The first kappa shape index (κ1) is 20.8. The zero-order valence-electron chi connectivity index (χ0n) is 18.3. The highest BCUT2D eigenvalue weighted by atomic mass is 32.1. The van der Waals surface area contributed by atoms with E-state index in [1.807, 2.05) is 35.8 Å². The molecule has 166 valence electrons. The summed E-state index contributed by atoms with van der Waals surface area (Å²) in [5.74, 6) is 1.86. The fourth-order valence-electron chi connectivity index (χ4n) is 4.17. The Balaban J connectivity index is 1.05. The fraction of sp³-hybridized carbons (Fsp3) is 0.320. The van der Waals surface area contributed by atoms with E-state index in [9.17, 15) is 0 Å². The van der Waals surface area contributed by atoms with E-state index in [4.69, 9.17) is 9.47 Å². The third-order valence-electron chi connectivity index (χ3n) is 5.93. The lowest BCUT2D eigenvalue weighted by molar-refractivity contribution is 0.224. The second kappa shape index (κ2) is 9.63. The highest BCUT2D eigenvalue weighted by Crippen LogP contribution is 2.28. The number of piperazine rings is 1. The van der Waals surface area contributed by atoms with Crippen LogP contribution in [-0.2, 0) is 0 Å². The third kappa shape index (κ3) is 4.59. The molecule has 1 fully saturated rings. The largest absolute Gasteiger partial charge is 0.495 e. The summed E-state index contributed by atoms with van der Waals surface area (Å²) in [6.45, 7) is 5.96. The number of hydrogen-bond donors (Lipinski definition) is 0. The van der Waals surface area contributed by atoms with Crippen LogP contribution < -0.4 is 14.4 Å². The van der Waals surface area contributed by atoms with Crippen LogP contribution in [0.1, 0.15) is 6.42 Å². The molecule has 0 aliphatic carbocycles. The van der Waals surface area contributed by atoms with E-state index in [2.05, 4.69) is 49.6 Å². The Kier molecular flexibility index (Phi) is 6.27. The number of hydrogen-bond acceptors (Lipinski definition) is 6.